The summed E-state index contributed by atoms with van der Waals surface area (Å²) in [6.07, 6.45) is 1.51. The van der Waals surface area contributed by atoms with Crippen LogP contribution < -0.4 is 0 Å². The Bertz CT molecular complexity index is 518. The second kappa shape index (κ2) is 4.14. The minimum atomic E-state index is -0.934. The first-order valence-electron chi connectivity index (χ1n) is 4.93. The topological polar surface area (TPSA) is 50.2 Å². The summed E-state index contributed by atoms with van der Waals surface area (Å²) in [6, 6.07) is 10.9. The summed E-state index contributed by atoms with van der Waals surface area (Å²) in [4.78, 5) is 15.0. The highest BCUT2D eigenvalue weighted by Crippen LogP contribution is 2.18. The fourth-order valence-corrected chi connectivity index (χ4v) is 1.45. The highest BCUT2D eigenvalue weighted by Gasteiger charge is 2.05. The number of aromatic nitrogens is 1. The van der Waals surface area contributed by atoms with Gasteiger partial charge >= 0.3 is 5.97 Å². The number of benzene rings is 1. The van der Waals surface area contributed by atoms with Crippen LogP contribution in [0.4, 0.5) is 0 Å². The third-order valence-electron chi connectivity index (χ3n) is 2.35. The molecule has 0 atom stereocenters. The van der Waals surface area contributed by atoms with Crippen molar-refractivity contribution in [2.75, 3.05) is 0 Å². The van der Waals surface area contributed by atoms with Gasteiger partial charge in [-0.15, -0.1) is 0 Å². The minimum Gasteiger partial charge on any atom is -0.478 e. The molecule has 0 unspecified atom stereocenters. The Hall–Kier alpha value is -2.16. The molecule has 0 aliphatic rings. The summed E-state index contributed by atoms with van der Waals surface area (Å²) in [5.74, 6) is -0.934. The molecule has 3 nitrogen and oxygen atoms in total. The van der Waals surface area contributed by atoms with Gasteiger partial charge in [0.05, 0.1) is 11.3 Å². The van der Waals surface area contributed by atoms with Crippen LogP contribution in [0.25, 0.3) is 11.3 Å². The molecule has 2 aromatic rings. The molecule has 1 aromatic heterocycles. The van der Waals surface area contributed by atoms with E-state index in [1.54, 1.807) is 6.07 Å². The molecule has 80 valence electrons. The van der Waals surface area contributed by atoms with Gasteiger partial charge < -0.3 is 5.11 Å². The molecule has 1 aromatic carbocycles. The van der Waals surface area contributed by atoms with Crippen molar-refractivity contribution in [3.05, 3.63) is 53.7 Å². The van der Waals surface area contributed by atoms with Crippen LogP contribution in [-0.4, -0.2) is 16.1 Å². The number of hydrogen-bond acceptors (Lipinski definition) is 2. The van der Waals surface area contributed by atoms with Gasteiger partial charge in [0.1, 0.15) is 0 Å². The molecule has 0 aliphatic carbocycles. The fourth-order valence-electron chi connectivity index (χ4n) is 1.45. The molecule has 1 N–H and O–H groups in total. The summed E-state index contributed by atoms with van der Waals surface area (Å²) in [5.41, 5.74) is 3.03. The van der Waals surface area contributed by atoms with Crippen molar-refractivity contribution in [1.29, 1.82) is 0 Å². The van der Waals surface area contributed by atoms with Crippen LogP contribution in [-0.2, 0) is 0 Å². The van der Waals surface area contributed by atoms with Crippen molar-refractivity contribution < 1.29 is 9.90 Å². The predicted octanol–water partition coefficient (Wildman–Crippen LogP) is 2.76. The zero-order valence-electron chi connectivity index (χ0n) is 8.84. The van der Waals surface area contributed by atoms with Crippen molar-refractivity contribution in [2.45, 2.75) is 6.92 Å². The van der Waals surface area contributed by atoms with Gasteiger partial charge in [-0.05, 0) is 19.1 Å². The third kappa shape index (κ3) is 2.08. The van der Waals surface area contributed by atoms with Gasteiger partial charge in [0.25, 0.3) is 0 Å². The molecular weight excluding hydrogens is 202 g/mol. The van der Waals surface area contributed by atoms with Crippen molar-refractivity contribution in [1.82, 2.24) is 4.98 Å². The largest absolute Gasteiger partial charge is 0.478 e. The molecule has 0 fully saturated rings. The second-order valence-electron chi connectivity index (χ2n) is 3.60. The number of carboxylic acids is 1. The number of rotatable bonds is 2. The molecule has 1 heterocycles. The molecule has 0 amide bonds. The maximum atomic E-state index is 10.8. The van der Waals surface area contributed by atoms with Crippen LogP contribution >= 0.6 is 0 Å². The summed E-state index contributed by atoms with van der Waals surface area (Å²) < 4.78 is 0. The van der Waals surface area contributed by atoms with E-state index < -0.39 is 5.97 Å². The van der Waals surface area contributed by atoms with Crippen molar-refractivity contribution in [3.8, 4) is 11.3 Å². The van der Waals surface area contributed by atoms with Crippen molar-refractivity contribution in [2.24, 2.45) is 0 Å². The molecular formula is C13H11NO2. The predicted molar refractivity (Wildman–Crippen MR) is 61.4 cm³/mol. The lowest BCUT2D eigenvalue weighted by Gasteiger charge is -2.02. The highest BCUT2D eigenvalue weighted by atomic mass is 16.4. The normalized spacial score (nSPS) is 10.1. The summed E-state index contributed by atoms with van der Waals surface area (Å²) in [6.45, 7) is 2.00. The number of aromatic carboxylic acids is 1. The average Bonchev–Trinajstić information content (AvgIpc) is 2.30. The Balaban J connectivity index is 2.44. The Morgan fingerprint density at radius 3 is 2.50 bits per heavy atom. The zero-order valence-corrected chi connectivity index (χ0v) is 8.84. The standard InChI is InChI=1S/C13H11NO2/c1-9-2-4-10(5-3-9)12-8-11(13(15)16)6-7-14-12/h2-8H,1H3,(H,15,16). The van der Waals surface area contributed by atoms with E-state index in [-0.39, 0.29) is 5.56 Å². The van der Waals surface area contributed by atoms with Crippen LogP contribution in [0.1, 0.15) is 15.9 Å². The van der Waals surface area contributed by atoms with Crippen molar-refractivity contribution >= 4 is 5.97 Å². The van der Waals surface area contributed by atoms with E-state index in [9.17, 15) is 4.79 Å². The van der Waals surface area contributed by atoms with Gasteiger partial charge in [-0.1, -0.05) is 29.8 Å². The molecule has 0 saturated carbocycles. The SMILES string of the molecule is Cc1ccc(-c2cc(C(=O)O)ccn2)cc1. The lowest BCUT2D eigenvalue weighted by molar-refractivity contribution is 0.0697. The molecule has 0 bridgehead atoms. The minimum absolute atomic E-state index is 0.255. The van der Waals surface area contributed by atoms with Crippen LogP contribution in [0.3, 0.4) is 0 Å². The number of aryl methyl sites for hydroxylation is 1. The van der Waals surface area contributed by atoms with Crippen LogP contribution in [0.5, 0.6) is 0 Å². The number of hydrogen-bond donors (Lipinski definition) is 1. The lowest BCUT2D eigenvalue weighted by atomic mass is 10.1. The third-order valence-corrected chi connectivity index (χ3v) is 2.35. The smallest absolute Gasteiger partial charge is 0.335 e. The number of carboxylic acid groups (broad SMARTS) is 1. The van der Waals surface area contributed by atoms with E-state index in [4.69, 9.17) is 5.11 Å². The number of pyridine rings is 1. The number of carbonyl (C=O) groups is 1. The molecule has 3 heteroatoms. The van der Waals surface area contributed by atoms with Gasteiger partial charge in [0, 0.05) is 11.8 Å². The van der Waals surface area contributed by atoms with E-state index in [0.717, 1.165) is 11.1 Å². The van der Waals surface area contributed by atoms with Gasteiger partial charge in [0.2, 0.25) is 0 Å². The maximum Gasteiger partial charge on any atom is 0.335 e. The van der Waals surface area contributed by atoms with E-state index in [1.165, 1.54) is 12.3 Å². The number of nitrogens with zero attached hydrogens (tertiary/aromatic N) is 1. The first-order valence-corrected chi connectivity index (χ1v) is 4.93. The van der Waals surface area contributed by atoms with E-state index in [2.05, 4.69) is 4.98 Å². The fraction of sp³-hybridized carbons (Fsp3) is 0.0769. The van der Waals surface area contributed by atoms with Crippen LogP contribution in [0, 0.1) is 6.92 Å². The Morgan fingerprint density at radius 2 is 1.88 bits per heavy atom. The average molecular weight is 213 g/mol. The van der Waals surface area contributed by atoms with Gasteiger partial charge in [-0.25, -0.2) is 4.79 Å². The van der Waals surface area contributed by atoms with Gasteiger partial charge in [0.15, 0.2) is 0 Å². The maximum absolute atomic E-state index is 10.8. The molecule has 0 aliphatic heterocycles. The first-order chi connectivity index (χ1) is 7.66. The summed E-state index contributed by atoms with van der Waals surface area (Å²) >= 11 is 0. The summed E-state index contributed by atoms with van der Waals surface area (Å²) in [5, 5.41) is 8.87. The quantitative estimate of drug-likeness (QED) is 0.834. The molecule has 2 rings (SSSR count). The van der Waals surface area contributed by atoms with Crippen molar-refractivity contribution in [3.63, 3.8) is 0 Å². The molecule has 0 saturated heterocycles. The molecule has 16 heavy (non-hydrogen) atoms. The monoisotopic (exact) mass is 213 g/mol. The first kappa shape index (κ1) is 10.4. The van der Waals surface area contributed by atoms with E-state index in [1.807, 2.05) is 31.2 Å². The van der Waals surface area contributed by atoms with Crippen LogP contribution in [0.2, 0.25) is 0 Å². The Morgan fingerprint density at radius 1 is 1.19 bits per heavy atom. The second-order valence-corrected chi connectivity index (χ2v) is 3.60. The van der Waals surface area contributed by atoms with Gasteiger partial charge in [-0.3, -0.25) is 4.98 Å². The Labute approximate surface area is 93.4 Å². The molecule has 0 spiro atoms. The van der Waals surface area contributed by atoms with E-state index >= 15 is 0 Å². The van der Waals surface area contributed by atoms with E-state index in [0.29, 0.717) is 5.69 Å². The summed E-state index contributed by atoms with van der Waals surface area (Å²) in [7, 11) is 0. The Kier molecular flexibility index (Phi) is 2.68. The van der Waals surface area contributed by atoms with Crippen LogP contribution in [0.15, 0.2) is 42.6 Å². The molecule has 0 radical (unpaired) electrons. The lowest BCUT2D eigenvalue weighted by Crippen LogP contribution is -1.97. The zero-order chi connectivity index (χ0) is 11.5. The highest BCUT2D eigenvalue weighted by molar-refractivity contribution is 5.88. The van der Waals surface area contributed by atoms with Gasteiger partial charge in [-0.2, -0.15) is 0 Å².